The minimum absolute atomic E-state index is 0.218. The predicted octanol–water partition coefficient (Wildman–Crippen LogP) is 3.86. The van der Waals surface area contributed by atoms with Crippen LogP contribution in [0.1, 0.15) is 40.9 Å². The number of hydrogen-bond acceptors (Lipinski definition) is 4. The van der Waals surface area contributed by atoms with Crippen LogP contribution in [-0.4, -0.2) is 19.8 Å². The van der Waals surface area contributed by atoms with Crippen molar-refractivity contribution in [2.75, 3.05) is 5.32 Å². The van der Waals surface area contributed by atoms with Gasteiger partial charge in [0.2, 0.25) is 0 Å². The molecule has 0 saturated carbocycles. The lowest BCUT2D eigenvalue weighted by Crippen LogP contribution is -2.25. The Balaban J connectivity index is 1.52. The second-order valence-corrected chi connectivity index (χ2v) is 7.72. The fraction of sp³-hybridized carbons (Fsp3) is 0.167. The van der Waals surface area contributed by atoms with Crippen LogP contribution in [0, 0.1) is 0 Å². The number of alkyl carbamates (subject to hydrolysis) is 1. The highest BCUT2D eigenvalue weighted by molar-refractivity contribution is 7.80. The summed E-state index contributed by atoms with van der Waals surface area (Å²) in [5.74, 6) is -0.218. The lowest BCUT2D eigenvalue weighted by Gasteiger charge is -2.17. The molecule has 0 heterocycles. The van der Waals surface area contributed by atoms with Crippen molar-refractivity contribution >= 4 is 43.6 Å². The molecule has 0 aliphatic rings. The van der Waals surface area contributed by atoms with E-state index in [1.807, 2.05) is 57.2 Å². The van der Waals surface area contributed by atoms with E-state index in [0.29, 0.717) is 29.1 Å². The van der Waals surface area contributed by atoms with Crippen LogP contribution in [0.15, 0.2) is 77.7 Å². The molecule has 0 aromatic heterocycles. The molecule has 2 N–H and O–H groups in total. The number of carbonyl (C=O) groups excluding carboxylic acids is 2. The first-order chi connectivity index (χ1) is 15.0. The second kappa shape index (κ2) is 10.7. The molecule has 1 atom stereocenters. The highest BCUT2D eigenvalue weighted by Crippen LogP contribution is 2.21. The third-order valence-electron chi connectivity index (χ3n) is 4.87. The Bertz CT molecular complexity index is 1040. The van der Waals surface area contributed by atoms with E-state index in [9.17, 15) is 9.59 Å². The van der Waals surface area contributed by atoms with Crippen LogP contribution < -0.4 is 16.1 Å². The van der Waals surface area contributed by atoms with Gasteiger partial charge in [-0.05, 0) is 41.8 Å². The molecule has 3 aromatic rings. The zero-order valence-corrected chi connectivity index (χ0v) is 18.5. The van der Waals surface area contributed by atoms with Crippen molar-refractivity contribution < 1.29 is 14.3 Å². The molecular weight excluding hydrogens is 407 g/mol. The maximum absolute atomic E-state index is 12.4. The Morgan fingerprint density at radius 1 is 1.00 bits per heavy atom. The molecule has 0 saturated heterocycles. The van der Waals surface area contributed by atoms with Gasteiger partial charge in [-0.1, -0.05) is 60.9 Å². The number of anilines is 1. The number of nitrogens with one attached hydrogen (secondary N) is 2. The molecule has 7 heteroatoms. The quantitative estimate of drug-likeness (QED) is 0.392. The normalized spacial score (nSPS) is 11.4. The van der Waals surface area contributed by atoms with Crippen molar-refractivity contribution in [3.63, 3.8) is 0 Å². The van der Waals surface area contributed by atoms with Crippen molar-refractivity contribution in [2.24, 2.45) is 0 Å². The molecule has 0 aliphatic heterocycles. The van der Waals surface area contributed by atoms with Gasteiger partial charge >= 0.3 is 6.09 Å². The van der Waals surface area contributed by atoms with Gasteiger partial charge in [-0.2, -0.15) is 0 Å². The second-order valence-electron chi connectivity index (χ2n) is 7.23. The minimum Gasteiger partial charge on any atom is -0.441 e. The molecule has 3 aromatic carbocycles. The third-order valence-corrected chi connectivity index (χ3v) is 5.26. The van der Waals surface area contributed by atoms with Gasteiger partial charge in [0.05, 0.1) is 5.69 Å². The summed E-state index contributed by atoms with van der Waals surface area (Å²) >= 11 is 4.34. The van der Waals surface area contributed by atoms with Crippen LogP contribution in [-0.2, 0) is 11.3 Å². The smallest absolute Gasteiger partial charge is 0.408 e. The molecule has 0 spiro atoms. The number of para-hydroxylation sites is 1. The Kier molecular flexibility index (Phi) is 7.79. The molecule has 0 fully saturated rings. The maximum atomic E-state index is 12.4. The van der Waals surface area contributed by atoms with Gasteiger partial charge in [0.25, 0.3) is 5.91 Å². The number of ether oxygens (including phenoxy) is 1. The molecule has 31 heavy (non-hydrogen) atoms. The van der Waals surface area contributed by atoms with Gasteiger partial charge < -0.3 is 15.4 Å². The van der Waals surface area contributed by atoms with Crippen molar-refractivity contribution in [3.05, 3.63) is 89.5 Å². The highest BCUT2D eigenvalue weighted by Gasteiger charge is 2.15. The first-order valence-electron chi connectivity index (χ1n) is 10.2. The van der Waals surface area contributed by atoms with E-state index < -0.39 is 6.09 Å². The Morgan fingerprint density at radius 3 is 2.32 bits per heavy atom. The third kappa shape index (κ3) is 6.39. The first-order valence-corrected chi connectivity index (χ1v) is 10.6. The van der Waals surface area contributed by atoms with Gasteiger partial charge in [-0.15, -0.1) is 12.6 Å². The maximum Gasteiger partial charge on any atom is 0.408 e. The Labute approximate surface area is 189 Å². The van der Waals surface area contributed by atoms with E-state index in [4.69, 9.17) is 4.74 Å². The van der Waals surface area contributed by atoms with Crippen molar-refractivity contribution in [2.45, 2.75) is 30.9 Å². The summed E-state index contributed by atoms with van der Waals surface area (Å²) in [4.78, 5) is 25.4. The van der Waals surface area contributed by atoms with Gasteiger partial charge in [0, 0.05) is 17.0 Å². The van der Waals surface area contributed by atoms with E-state index in [1.54, 1.807) is 30.3 Å². The van der Waals surface area contributed by atoms with Crippen molar-refractivity contribution in [1.82, 2.24) is 5.32 Å². The molecule has 3 rings (SSSR count). The lowest BCUT2D eigenvalue weighted by molar-refractivity contribution is 0.0946. The van der Waals surface area contributed by atoms with Crippen molar-refractivity contribution in [3.8, 4) is 0 Å². The van der Waals surface area contributed by atoms with Gasteiger partial charge in [0.1, 0.15) is 14.0 Å². The number of thiol groups is 1. The summed E-state index contributed by atoms with van der Waals surface area (Å²) in [6.07, 6.45) is -0.0728. The van der Waals surface area contributed by atoms with Crippen LogP contribution in [0.4, 0.5) is 10.5 Å². The molecule has 158 valence electrons. The number of amides is 2. The monoisotopic (exact) mass is 432 g/mol. The Morgan fingerprint density at radius 2 is 1.68 bits per heavy atom. The van der Waals surface area contributed by atoms with E-state index in [2.05, 4.69) is 23.3 Å². The van der Waals surface area contributed by atoms with E-state index in [1.165, 1.54) is 0 Å². The minimum atomic E-state index is -0.473. The van der Waals surface area contributed by atoms with Crippen molar-refractivity contribution in [1.29, 1.82) is 0 Å². The summed E-state index contributed by atoms with van der Waals surface area (Å²) in [5.41, 5.74) is 4.18. The van der Waals surface area contributed by atoms with Crippen LogP contribution >= 0.6 is 12.6 Å². The average Bonchev–Trinajstić information content (AvgIpc) is 2.78. The Hall–Kier alpha value is -3.19. The topological polar surface area (TPSA) is 67.4 Å². The fourth-order valence-electron chi connectivity index (χ4n) is 3.06. The van der Waals surface area contributed by atoms with Crippen LogP contribution in [0.2, 0.25) is 0 Å². The molecule has 0 radical (unpaired) electrons. The van der Waals surface area contributed by atoms with E-state index >= 15 is 0 Å². The highest BCUT2D eigenvalue weighted by atomic mass is 32.1. The molecular formula is C24H25BN2O3S. The summed E-state index contributed by atoms with van der Waals surface area (Å²) in [6.45, 7) is 2.29. The lowest BCUT2D eigenvalue weighted by atomic mass is 9.94. The zero-order chi connectivity index (χ0) is 22.2. The number of carbonyl (C=O) groups is 2. The number of benzene rings is 3. The standard InChI is InChI=1S/C24H25BN2O3S/c1-2-21(17-11-13-19(25)14-12-17)30-24(29)26-15-16-7-9-18(10-8-16)23(28)27-20-5-3-4-6-22(20)31/h3-14,21,31H,2,15,25H2,1H3,(H,26,29)(H,27,28)/t21-/m0/s1. The molecule has 2 amide bonds. The van der Waals surface area contributed by atoms with Crippen LogP contribution in [0.5, 0.6) is 0 Å². The summed E-state index contributed by atoms with van der Waals surface area (Å²) in [5, 5.41) is 5.61. The first kappa shape index (κ1) is 22.5. The summed E-state index contributed by atoms with van der Waals surface area (Å²) < 4.78 is 5.57. The zero-order valence-electron chi connectivity index (χ0n) is 17.6. The molecule has 5 nitrogen and oxygen atoms in total. The molecule has 0 bridgehead atoms. The van der Waals surface area contributed by atoms with Gasteiger partial charge in [0.15, 0.2) is 0 Å². The molecule has 0 unspecified atom stereocenters. The molecule has 0 aliphatic carbocycles. The average molecular weight is 432 g/mol. The summed E-state index contributed by atoms with van der Waals surface area (Å²) in [6, 6.07) is 22.3. The summed E-state index contributed by atoms with van der Waals surface area (Å²) in [7, 11) is 2.02. The number of rotatable bonds is 7. The SMILES string of the molecule is Bc1ccc([C@H](CC)OC(=O)NCc2ccc(C(=O)Nc3ccccc3S)cc2)cc1. The van der Waals surface area contributed by atoms with Gasteiger partial charge in [-0.25, -0.2) is 4.79 Å². The van der Waals surface area contributed by atoms with E-state index in [-0.39, 0.29) is 12.0 Å². The van der Waals surface area contributed by atoms with Crippen LogP contribution in [0.25, 0.3) is 0 Å². The van der Waals surface area contributed by atoms with Gasteiger partial charge in [-0.3, -0.25) is 4.79 Å². The van der Waals surface area contributed by atoms with Crippen LogP contribution in [0.3, 0.4) is 0 Å². The predicted molar refractivity (Wildman–Crippen MR) is 129 cm³/mol. The fourth-order valence-corrected chi connectivity index (χ4v) is 3.28. The van der Waals surface area contributed by atoms with E-state index in [0.717, 1.165) is 16.6 Å². The largest absolute Gasteiger partial charge is 0.441 e. The number of hydrogen-bond donors (Lipinski definition) is 3.